The van der Waals surface area contributed by atoms with E-state index < -0.39 is 0 Å². The monoisotopic (exact) mass is 307 g/mol. The van der Waals surface area contributed by atoms with Gasteiger partial charge in [-0.3, -0.25) is 4.79 Å². The van der Waals surface area contributed by atoms with Crippen LogP contribution in [0.15, 0.2) is 12.2 Å². The summed E-state index contributed by atoms with van der Waals surface area (Å²) in [7, 11) is 0. The van der Waals surface area contributed by atoms with Crippen LogP contribution in [-0.4, -0.2) is 37.1 Å². The summed E-state index contributed by atoms with van der Waals surface area (Å²) in [5, 5.41) is 0. The van der Waals surface area contributed by atoms with E-state index in [1.165, 1.54) is 32.1 Å². The molecule has 0 aliphatic heterocycles. The molecule has 2 aliphatic carbocycles. The van der Waals surface area contributed by atoms with Gasteiger partial charge in [-0.25, -0.2) is 0 Å². The average Bonchev–Trinajstić information content (AvgIpc) is 2.60. The van der Waals surface area contributed by atoms with Gasteiger partial charge in [-0.2, -0.15) is 0 Å². The summed E-state index contributed by atoms with van der Waals surface area (Å²) in [6.45, 7) is 7.74. The Morgan fingerprint density at radius 2 is 1.91 bits per heavy atom. The van der Waals surface area contributed by atoms with E-state index >= 15 is 0 Å². The van der Waals surface area contributed by atoms with Gasteiger partial charge in [0.1, 0.15) is 6.61 Å². The maximum Gasteiger partial charge on any atom is 0.312 e. The number of hydrogen-bond acceptors (Lipinski definition) is 3. The minimum Gasteiger partial charge on any atom is -0.464 e. The molecule has 0 spiro atoms. The molecule has 22 heavy (non-hydrogen) atoms. The second-order valence-electron chi connectivity index (χ2n) is 6.87. The van der Waals surface area contributed by atoms with E-state index in [0.717, 1.165) is 38.9 Å². The second-order valence-corrected chi connectivity index (χ2v) is 6.87. The van der Waals surface area contributed by atoms with Crippen molar-refractivity contribution < 1.29 is 9.53 Å². The van der Waals surface area contributed by atoms with E-state index in [2.05, 4.69) is 30.9 Å². The zero-order chi connectivity index (χ0) is 15.8. The number of allylic oxidation sites excluding steroid dienone is 2. The van der Waals surface area contributed by atoms with Crippen molar-refractivity contribution in [2.24, 2.45) is 11.3 Å². The molecule has 2 rings (SSSR count). The van der Waals surface area contributed by atoms with Gasteiger partial charge in [0, 0.05) is 6.54 Å². The number of carbonyl (C=O) groups excluding carboxylic acids is 1. The first-order valence-corrected chi connectivity index (χ1v) is 9.27. The van der Waals surface area contributed by atoms with Crippen LogP contribution in [0.25, 0.3) is 0 Å². The lowest BCUT2D eigenvalue weighted by molar-refractivity contribution is -0.162. The number of carbonyl (C=O) groups is 1. The van der Waals surface area contributed by atoms with E-state index in [0.29, 0.717) is 12.5 Å². The molecule has 0 N–H and O–H groups in total. The molecule has 3 heteroatoms. The number of ether oxygens (including phenoxy) is 1. The van der Waals surface area contributed by atoms with Gasteiger partial charge in [0.2, 0.25) is 0 Å². The fourth-order valence-corrected chi connectivity index (χ4v) is 4.18. The number of hydrogen-bond donors (Lipinski definition) is 0. The SMILES string of the molecule is CCN(CC)CCOC(=O)C1(C2CCCCC2)CC=CCC1. The fraction of sp³-hybridized carbons (Fsp3) is 0.842. The topological polar surface area (TPSA) is 29.5 Å². The molecular weight excluding hydrogens is 274 g/mol. The molecule has 0 heterocycles. The molecule has 1 atom stereocenters. The van der Waals surface area contributed by atoms with E-state index in [1.807, 2.05) is 0 Å². The molecule has 3 nitrogen and oxygen atoms in total. The molecule has 0 aromatic rings. The number of rotatable bonds is 7. The molecule has 0 aromatic heterocycles. The minimum atomic E-state index is -0.224. The van der Waals surface area contributed by atoms with Crippen LogP contribution in [0.5, 0.6) is 0 Å². The van der Waals surface area contributed by atoms with Crippen molar-refractivity contribution in [1.82, 2.24) is 4.90 Å². The van der Waals surface area contributed by atoms with Crippen LogP contribution in [-0.2, 0) is 9.53 Å². The Bertz CT molecular complexity index is 370. The molecule has 0 bridgehead atoms. The summed E-state index contributed by atoms with van der Waals surface area (Å²) in [6, 6.07) is 0. The molecule has 126 valence electrons. The summed E-state index contributed by atoms with van der Waals surface area (Å²) < 4.78 is 5.76. The predicted octanol–water partition coefficient (Wildman–Crippen LogP) is 4.18. The van der Waals surface area contributed by atoms with Gasteiger partial charge in [0.15, 0.2) is 0 Å². The lowest BCUT2D eigenvalue weighted by atomic mass is 9.63. The molecule has 0 aromatic carbocycles. The molecule has 1 unspecified atom stereocenters. The van der Waals surface area contributed by atoms with Crippen LogP contribution in [0.3, 0.4) is 0 Å². The largest absolute Gasteiger partial charge is 0.464 e. The van der Waals surface area contributed by atoms with Gasteiger partial charge in [0.05, 0.1) is 5.41 Å². The zero-order valence-electron chi connectivity index (χ0n) is 14.5. The Balaban J connectivity index is 1.96. The van der Waals surface area contributed by atoms with Gasteiger partial charge in [0.25, 0.3) is 0 Å². The summed E-state index contributed by atoms with van der Waals surface area (Å²) in [5.41, 5.74) is -0.224. The van der Waals surface area contributed by atoms with E-state index in [-0.39, 0.29) is 11.4 Å². The van der Waals surface area contributed by atoms with Gasteiger partial charge in [-0.05, 0) is 51.1 Å². The summed E-state index contributed by atoms with van der Waals surface area (Å²) >= 11 is 0. The van der Waals surface area contributed by atoms with Crippen molar-refractivity contribution in [3.63, 3.8) is 0 Å². The number of nitrogens with zero attached hydrogens (tertiary/aromatic N) is 1. The van der Waals surface area contributed by atoms with Crippen LogP contribution in [0, 0.1) is 11.3 Å². The van der Waals surface area contributed by atoms with Crippen LogP contribution in [0.4, 0.5) is 0 Å². The summed E-state index contributed by atoms with van der Waals surface area (Å²) in [4.78, 5) is 15.2. The smallest absolute Gasteiger partial charge is 0.312 e. The predicted molar refractivity (Wildman–Crippen MR) is 90.7 cm³/mol. The molecule has 0 saturated heterocycles. The van der Waals surface area contributed by atoms with Crippen molar-refractivity contribution in [2.75, 3.05) is 26.2 Å². The highest BCUT2D eigenvalue weighted by Crippen LogP contribution is 2.47. The van der Waals surface area contributed by atoms with Crippen molar-refractivity contribution in [3.05, 3.63) is 12.2 Å². The van der Waals surface area contributed by atoms with Gasteiger partial charge >= 0.3 is 5.97 Å². The normalized spacial score (nSPS) is 26.3. The first kappa shape index (κ1) is 17.5. The maximum atomic E-state index is 12.9. The Kier molecular flexibility index (Phi) is 6.94. The van der Waals surface area contributed by atoms with Crippen molar-refractivity contribution >= 4 is 5.97 Å². The highest BCUT2D eigenvalue weighted by Gasteiger charge is 2.46. The minimum absolute atomic E-state index is 0.0795. The van der Waals surface area contributed by atoms with Crippen molar-refractivity contribution in [2.45, 2.75) is 65.2 Å². The fourth-order valence-electron chi connectivity index (χ4n) is 4.18. The molecule has 0 radical (unpaired) electrons. The number of likely N-dealkylation sites (N-methyl/N-ethyl adjacent to an activating group) is 1. The third-order valence-electron chi connectivity index (χ3n) is 5.73. The van der Waals surface area contributed by atoms with Gasteiger partial charge in [-0.15, -0.1) is 0 Å². The Labute approximate surface area is 136 Å². The van der Waals surface area contributed by atoms with E-state index in [1.54, 1.807) is 0 Å². The molecule has 2 aliphatic rings. The molecule has 0 amide bonds. The molecule has 1 fully saturated rings. The first-order chi connectivity index (χ1) is 10.7. The third kappa shape index (κ3) is 4.13. The molecular formula is C19H33NO2. The Morgan fingerprint density at radius 1 is 1.18 bits per heavy atom. The van der Waals surface area contributed by atoms with E-state index in [4.69, 9.17) is 4.74 Å². The quantitative estimate of drug-likeness (QED) is 0.522. The van der Waals surface area contributed by atoms with Crippen LogP contribution >= 0.6 is 0 Å². The third-order valence-corrected chi connectivity index (χ3v) is 5.73. The lowest BCUT2D eigenvalue weighted by Crippen LogP contribution is -2.42. The van der Waals surface area contributed by atoms with Crippen LogP contribution in [0.2, 0.25) is 0 Å². The highest BCUT2D eigenvalue weighted by molar-refractivity contribution is 5.77. The van der Waals surface area contributed by atoms with Crippen molar-refractivity contribution in [3.8, 4) is 0 Å². The lowest BCUT2D eigenvalue weighted by Gasteiger charge is -2.41. The second kappa shape index (κ2) is 8.71. The molecule has 1 saturated carbocycles. The average molecular weight is 307 g/mol. The van der Waals surface area contributed by atoms with E-state index in [9.17, 15) is 4.79 Å². The standard InChI is InChI=1S/C19H33NO2/c1-3-20(4-2)15-16-22-18(21)19(13-9-6-10-14-19)17-11-7-5-8-12-17/h6,9,17H,3-5,7-8,10-16H2,1-2H3. The van der Waals surface area contributed by atoms with Crippen molar-refractivity contribution in [1.29, 1.82) is 0 Å². The van der Waals surface area contributed by atoms with Gasteiger partial charge < -0.3 is 9.64 Å². The zero-order valence-corrected chi connectivity index (χ0v) is 14.5. The van der Waals surface area contributed by atoms with Gasteiger partial charge in [-0.1, -0.05) is 45.3 Å². The first-order valence-electron chi connectivity index (χ1n) is 9.27. The Hall–Kier alpha value is -0.830. The van der Waals surface area contributed by atoms with Crippen LogP contribution in [0.1, 0.15) is 65.2 Å². The maximum absolute atomic E-state index is 12.9. The van der Waals surface area contributed by atoms with Crippen LogP contribution < -0.4 is 0 Å². The Morgan fingerprint density at radius 3 is 2.50 bits per heavy atom. The summed E-state index contributed by atoms with van der Waals surface area (Å²) in [5.74, 6) is 0.614. The number of esters is 1. The summed E-state index contributed by atoms with van der Waals surface area (Å²) in [6.07, 6.45) is 13.7. The highest BCUT2D eigenvalue weighted by atomic mass is 16.5.